The standard InChI is InChI=1S/C26H28Cl2N6O3/c1-16-23(28)24(34(36)37)31-33(16)26-9-18-5-19(10-26)8-25(7-18,15-26)11-22(35)30-21-12-29-32(14-21)13-17-3-2-4-20(27)6-17/h2-4,6,12,14,18-19H,5,7-11,13,15H2,1H3,(H,30,35). The molecule has 1 aromatic carbocycles. The molecule has 194 valence electrons. The largest absolute Gasteiger partial charge is 0.408 e. The topological polar surface area (TPSA) is 108 Å². The summed E-state index contributed by atoms with van der Waals surface area (Å²) in [6.45, 7) is 2.37. The van der Waals surface area contributed by atoms with E-state index in [-0.39, 0.29) is 27.7 Å². The Morgan fingerprint density at radius 2 is 2.00 bits per heavy atom. The zero-order valence-electron chi connectivity index (χ0n) is 20.5. The fraction of sp³-hybridized carbons (Fsp3) is 0.500. The Labute approximate surface area is 224 Å². The Bertz CT molecular complexity index is 1380. The number of rotatable bonds is 7. The number of amides is 1. The lowest BCUT2D eigenvalue weighted by Crippen LogP contribution is -2.57. The molecule has 37 heavy (non-hydrogen) atoms. The van der Waals surface area contributed by atoms with Crippen LogP contribution in [0.25, 0.3) is 0 Å². The van der Waals surface area contributed by atoms with E-state index in [4.69, 9.17) is 23.2 Å². The molecule has 2 aromatic heterocycles. The normalized spacial score (nSPS) is 28.0. The molecular weight excluding hydrogens is 515 g/mol. The first-order valence-corrected chi connectivity index (χ1v) is 13.4. The molecule has 11 heteroatoms. The number of aromatic nitrogens is 4. The number of nitro groups is 1. The van der Waals surface area contributed by atoms with Crippen molar-refractivity contribution < 1.29 is 9.72 Å². The van der Waals surface area contributed by atoms with Crippen LogP contribution in [0, 0.1) is 34.3 Å². The van der Waals surface area contributed by atoms with E-state index < -0.39 is 4.92 Å². The summed E-state index contributed by atoms with van der Waals surface area (Å²) in [4.78, 5) is 24.2. The van der Waals surface area contributed by atoms with E-state index in [1.165, 1.54) is 0 Å². The molecule has 0 saturated heterocycles. The van der Waals surface area contributed by atoms with Crippen LogP contribution in [0.15, 0.2) is 36.7 Å². The molecule has 4 fully saturated rings. The van der Waals surface area contributed by atoms with Crippen LogP contribution in [0.1, 0.15) is 56.2 Å². The molecule has 0 spiro atoms. The zero-order valence-corrected chi connectivity index (χ0v) is 22.0. The van der Waals surface area contributed by atoms with Gasteiger partial charge >= 0.3 is 5.82 Å². The number of halogens is 2. The third-order valence-corrected chi connectivity index (χ3v) is 9.16. The maximum absolute atomic E-state index is 13.3. The Kier molecular flexibility index (Phi) is 5.84. The van der Waals surface area contributed by atoms with Crippen LogP contribution in [0.4, 0.5) is 11.5 Å². The van der Waals surface area contributed by atoms with Crippen LogP contribution in [-0.4, -0.2) is 30.4 Å². The molecule has 9 nitrogen and oxygen atoms in total. The highest BCUT2D eigenvalue weighted by molar-refractivity contribution is 6.33. The van der Waals surface area contributed by atoms with Crippen LogP contribution in [0.5, 0.6) is 0 Å². The number of carbonyl (C=O) groups is 1. The Morgan fingerprint density at radius 1 is 1.24 bits per heavy atom. The molecule has 7 rings (SSSR count). The first-order chi connectivity index (χ1) is 17.6. The number of hydrogen-bond donors (Lipinski definition) is 1. The van der Waals surface area contributed by atoms with Gasteiger partial charge in [-0.05, 0) is 85.3 Å². The predicted octanol–water partition coefficient (Wildman–Crippen LogP) is 5.98. The van der Waals surface area contributed by atoms with Gasteiger partial charge in [-0.2, -0.15) is 9.78 Å². The van der Waals surface area contributed by atoms with Gasteiger partial charge in [-0.15, -0.1) is 0 Å². The summed E-state index contributed by atoms with van der Waals surface area (Å²) in [6, 6.07) is 7.61. The van der Waals surface area contributed by atoms with Crippen molar-refractivity contribution in [2.45, 2.75) is 64.0 Å². The molecule has 4 bridgehead atoms. The highest BCUT2D eigenvalue weighted by Gasteiger charge is 2.60. The van der Waals surface area contributed by atoms with E-state index in [0.717, 1.165) is 44.1 Å². The molecule has 4 aliphatic carbocycles. The average molecular weight is 543 g/mol. The monoisotopic (exact) mass is 542 g/mol. The Balaban J connectivity index is 1.19. The minimum atomic E-state index is -0.512. The van der Waals surface area contributed by atoms with Crippen molar-refractivity contribution in [2.24, 2.45) is 17.3 Å². The average Bonchev–Trinajstić information content (AvgIpc) is 3.36. The zero-order chi connectivity index (χ0) is 25.9. The van der Waals surface area contributed by atoms with Gasteiger partial charge in [-0.1, -0.05) is 35.3 Å². The van der Waals surface area contributed by atoms with E-state index >= 15 is 0 Å². The number of nitrogens with zero attached hydrogens (tertiary/aromatic N) is 5. The number of nitrogens with one attached hydrogen (secondary N) is 1. The van der Waals surface area contributed by atoms with Crippen molar-refractivity contribution in [3.05, 3.63) is 68.1 Å². The summed E-state index contributed by atoms with van der Waals surface area (Å²) in [6.07, 6.45) is 9.70. The van der Waals surface area contributed by atoms with Crippen LogP contribution >= 0.6 is 23.2 Å². The Hall–Kier alpha value is -2.91. The summed E-state index contributed by atoms with van der Waals surface area (Å²) < 4.78 is 3.61. The van der Waals surface area contributed by atoms with Gasteiger partial charge in [-0.25, -0.2) is 0 Å². The fourth-order valence-corrected chi connectivity index (χ4v) is 8.19. The lowest BCUT2D eigenvalue weighted by Gasteiger charge is -2.61. The number of hydrogen-bond acceptors (Lipinski definition) is 5. The summed E-state index contributed by atoms with van der Waals surface area (Å²) in [5.74, 6) is 0.656. The van der Waals surface area contributed by atoms with E-state index in [1.54, 1.807) is 17.8 Å². The lowest BCUT2D eigenvalue weighted by atomic mass is 9.46. The molecule has 4 saturated carbocycles. The van der Waals surface area contributed by atoms with Crippen molar-refractivity contribution in [3.63, 3.8) is 0 Å². The molecule has 2 unspecified atom stereocenters. The summed E-state index contributed by atoms with van der Waals surface area (Å²) in [7, 11) is 0. The summed E-state index contributed by atoms with van der Waals surface area (Å²) in [5, 5.41) is 24.1. The quantitative estimate of drug-likeness (QED) is 0.292. The number of carbonyl (C=O) groups excluding carboxylic acids is 1. The molecule has 3 aromatic rings. The van der Waals surface area contributed by atoms with Crippen LogP contribution < -0.4 is 5.32 Å². The van der Waals surface area contributed by atoms with E-state index in [0.29, 0.717) is 41.2 Å². The first kappa shape index (κ1) is 24.4. The second kappa shape index (κ2) is 8.84. The van der Waals surface area contributed by atoms with Gasteiger partial charge in [0.15, 0.2) is 5.02 Å². The lowest BCUT2D eigenvalue weighted by molar-refractivity contribution is -0.389. The SMILES string of the molecule is Cc1c(Cl)c([N+](=O)[O-])nn1C12CC3CC(CC(CC(=O)Nc4cnn(Cc5cccc(Cl)c5)c4)(C3)C1)C2. The summed E-state index contributed by atoms with van der Waals surface area (Å²) in [5.41, 5.74) is 1.86. The van der Waals surface area contributed by atoms with Crippen molar-refractivity contribution in [1.29, 1.82) is 0 Å². The Morgan fingerprint density at radius 3 is 2.68 bits per heavy atom. The van der Waals surface area contributed by atoms with Gasteiger partial charge in [0.25, 0.3) is 0 Å². The van der Waals surface area contributed by atoms with Crippen molar-refractivity contribution in [2.75, 3.05) is 5.32 Å². The highest BCUT2D eigenvalue weighted by Crippen LogP contribution is 2.65. The van der Waals surface area contributed by atoms with Gasteiger partial charge in [0.1, 0.15) is 0 Å². The van der Waals surface area contributed by atoms with Gasteiger partial charge in [0.05, 0.1) is 34.8 Å². The maximum atomic E-state index is 13.3. The van der Waals surface area contributed by atoms with E-state index in [2.05, 4.69) is 15.5 Å². The molecule has 0 radical (unpaired) electrons. The number of benzene rings is 1. The first-order valence-electron chi connectivity index (χ1n) is 12.6. The molecular formula is C26H28Cl2N6O3. The molecule has 1 amide bonds. The third kappa shape index (κ3) is 4.42. The van der Waals surface area contributed by atoms with Gasteiger partial charge in [0.2, 0.25) is 5.91 Å². The minimum Gasteiger partial charge on any atom is -0.358 e. The van der Waals surface area contributed by atoms with Gasteiger partial charge < -0.3 is 15.4 Å². The maximum Gasteiger partial charge on any atom is 0.408 e. The molecule has 2 atom stereocenters. The fourth-order valence-electron chi connectivity index (χ4n) is 7.79. The van der Waals surface area contributed by atoms with Crippen molar-refractivity contribution >= 4 is 40.6 Å². The van der Waals surface area contributed by atoms with E-state index in [1.807, 2.05) is 35.1 Å². The van der Waals surface area contributed by atoms with Crippen molar-refractivity contribution in [3.8, 4) is 0 Å². The second-order valence-corrected chi connectivity index (χ2v) is 12.2. The summed E-state index contributed by atoms with van der Waals surface area (Å²) >= 11 is 12.4. The van der Waals surface area contributed by atoms with Crippen LogP contribution in [0.3, 0.4) is 0 Å². The molecule has 4 aliphatic rings. The van der Waals surface area contributed by atoms with E-state index in [9.17, 15) is 14.9 Å². The predicted molar refractivity (Wildman–Crippen MR) is 140 cm³/mol. The molecule has 2 heterocycles. The third-order valence-electron chi connectivity index (χ3n) is 8.49. The second-order valence-electron chi connectivity index (χ2n) is 11.4. The molecule has 1 N–H and O–H groups in total. The molecule has 0 aliphatic heterocycles. The van der Waals surface area contributed by atoms with Gasteiger partial charge in [-0.3, -0.25) is 9.48 Å². The number of anilines is 1. The minimum absolute atomic E-state index is 0.0272. The van der Waals surface area contributed by atoms with Crippen LogP contribution in [-0.2, 0) is 16.9 Å². The van der Waals surface area contributed by atoms with Gasteiger partial charge in [0, 0.05) is 17.6 Å². The van der Waals surface area contributed by atoms with Crippen LogP contribution in [0.2, 0.25) is 10.0 Å². The highest BCUT2D eigenvalue weighted by atomic mass is 35.5. The van der Waals surface area contributed by atoms with Crippen molar-refractivity contribution in [1.82, 2.24) is 19.6 Å². The smallest absolute Gasteiger partial charge is 0.358 e.